The lowest BCUT2D eigenvalue weighted by Crippen LogP contribution is -2.44. The molecule has 218 valence electrons. The Hall–Kier alpha value is -5.62. The van der Waals surface area contributed by atoms with Gasteiger partial charge in [-0.2, -0.15) is 0 Å². The number of benzene rings is 6. The van der Waals surface area contributed by atoms with Gasteiger partial charge in [0.2, 0.25) is 0 Å². The van der Waals surface area contributed by atoms with Gasteiger partial charge >= 0.3 is 0 Å². The first-order valence-electron chi connectivity index (χ1n) is 14.6. The van der Waals surface area contributed by atoms with Crippen molar-refractivity contribution in [3.8, 4) is 11.5 Å². The highest BCUT2D eigenvalue weighted by atomic mass is 16.5. The highest BCUT2D eigenvalue weighted by molar-refractivity contribution is 5.97. The van der Waals surface area contributed by atoms with E-state index in [1.165, 1.54) is 0 Å². The molecule has 0 atom stereocenters. The third kappa shape index (κ3) is 6.55. The first-order chi connectivity index (χ1) is 21.7. The second-order valence-electron chi connectivity index (χ2n) is 10.3. The molecule has 0 fully saturated rings. The van der Waals surface area contributed by atoms with Crippen molar-refractivity contribution in [3.05, 3.63) is 146 Å². The number of para-hydroxylation sites is 2. The zero-order chi connectivity index (χ0) is 30.1. The largest absolute Gasteiger partial charge is 0.483 e. The molecule has 0 aliphatic heterocycles. The van der Waals surface area contributed by atoms with Crippen LogP contribution in [0.25, 0.3) is 21.5 Å². The van der Waals surface area contributed by atoms with E-state index in [1.807, 2.05) is 146 Å². The fourth-order valence-electron chi connectivity index (χ4n) is 5.29. The van der Waals surface area contributed by atoms with E-state index < -0.39 is 0 Å². The summed E-state index contributed by atoms with van der Waals surface area (Å²) < 4.78 is 12.1. The van der Waals surface area contributed by atoms with Crippen molar-refractivity contribution >= 4 is 44.7 Å². The van der Waals surface area contributed by atoms with Crippen LogP contribution in [0, 0.1) is 0 Å². The lowest BCUT2D eigenvalue weighted by atomic mass is 10.1. The summed E-state index contributed by atoms with van der Waals surface area (Å²) in [6, 6.07) is 46.3. The Morgan fingerprint density at radius 3 is 1.23 bits per heavy atom. The zero-order valence-electron chi connectivity index (χ0n) is 24.2. The van der Waals surface area contributed by atoms with E-state index >= 15 is 0 Å². The van der Waals surface area contributed by atoms with Gasteiger partial charge in [-0.3, -0.25) is 9.59 Å². The smallest absolute Gasteiger partial charge is 0.264 e. The van der Waals surface area contributed by atoms with E-state index in [1.54, 1.807) is 9.80 Å². The minimum absolute atomic E-state index is 0.146. The molecule has 0 bridgehead atoms. The second-order valence-corrected chi connectivity index (χ2v) is 10.3. The summed E-state index contributed by atoms with van der Waals surface area (Å²) in [5.41, 5.74) is 1.46. The van der Waals surface area contributed by atoms with Gasteiger partial charge in [0, 0.05) is 35.2 Å². The number of fused-ring (bicyclic) bond motifs is 2. The van der Waals surface area contributed by atoms with E-state index in [9.17, 15) is 9.59 Å². The first kappa shape index (κ1) is 28.5. The quantitative estimate of drug-likeness (QED) is 0.159. The molecular formula is C38H32N2O4. The monoisotopic (exact) mass is 580 g/mol. The van der Waals surface area contributed by atoms with Crippen LogP contribution in [-0.2, 0) is 9.59 Å². The fraction of sp³-hybridized carbons (Fsp3) is 0.105. The third-order valence-electron chi connectivity index (χ3n) is 7.49. The molecule has 0 unspecified atom stereocenters. The van der Waals surface area contributed by atoms with Crippen LogP contribution in [0.15, 0.2) is 146 Å². The maximum absolute atomic E-state index is 13.7. The minimum atomic E-state index is -0.211. The number of carbonyl (C=O) groups excluding carboxylic acids is 2. The van der Waals surface area contributed by atoms with Crippen LogP contribution < -0.4 is 19.3 Å². The van der Waals surface area contributed by atoms with Gasteiger partial charge in [-0.05, 0) is 47.2 Å². The predicted octanol–water partition coefficient (Wildman–Crippen LogP) is 7.52. The van der Waals surface area contributed by atoms with Crippen LogP contribution in [0.1, 0.15) is 0 Å². The molecule has 0 aliphatic carbocycles. The van der Waals surface area contributed by atoms with Gasteiger partial charge in [0.25, 0.3) is 11.8 Å². The predicted molar refractivity (Wildman–Crippen MR) is 176 cm³/mol. The zero-order valence-corrected chi connectivity index (χ0v) is 24.2. The van der Waals surface area contributed by atoms with Gasteiger partial charge in [0.15, 0.2) is 13.2 Å². The van der Waals surface area contributed by atoms with Gasteiger partial charge in [0.05, 0.1) is 0 Å². The number of amides is 2. The van der Waals surface area contributed by atoms with Gasteiger partial charge in [-0.15, -0.1) is 0 Å². The molecule has 44 heavy (non-hydrogen) atoms. The number of anilines is 2. The Balaban J connectivity index is 1.20. The van der Waals surface area contributed by atoms with Gasteiger partial charge in [-0.1, -0.05) is 109 Å². The number of nitrogens with zero attached hydrogens (tertiary/aromatic N) is 2. The average Bonchev–Trinajstić information content (AvgIpc) is 3.09. The maximum atomic E-state index is 13.7. The molecule has 6 rings (SSSR count). The summed E-state index contributed by atoms with van der Waals surface area (Å²) in [5, 5.41) is 3.97. The number of carbonyl (C=O) groups is 2. The molecule has 6 nitrogen and oxygen atoms in total. The van der Waals surface area contributed by atoms with Gasteiger partial charge < -0.3 is 19.3 Å². The van der Waals surface area contributed by atoms with Crippen molar-refractivity contribution < 1.29 is 19.1 Å². The summed E-state index contributed by atoms with van der Waals surface area (Å²) in [5.74, 6) is 0.875. The average molecular weight is 581 g/mol. The van der Waals surface area contributed by atoms with Crippen molar-refractivity contribution in [2.75, 3.05) is 36.1 Å². The number of hydrogen-bond acceptors (Lipinski definition) is 4. The molecule has 0 saturated carbocycles. The van der Waals surface area contributed by atoms with Crippen LogP contribution in [0.4, 0.5) is 11.4 Å². The maximum Gasteiger partial charge on any atom is 0.264 e. The van der Waals surface area contributed by atoms with Gasteiger partial charge in [-0.25, -0.2) is 0 Å². The Morgan fingerprint density at radius 2 is 0.795 bits per heavy atom. The molecular weight excluding hydrogens is 548 g/mol. The van der Waals surface area contributed by atoms with E-state index in [2.05, 4.69) is 0 Å². The van der Waals surface area contributed by atoms with Crippen molar-refractivity contribution in [1.82, 2.24) is 0 Å². The van der Waals surface area contributed by atoms with E-state index in [0.717, 1.165) is 32.9 Å². The van der Waals surface area contributed by atoms with Crippen molar-refractivity contribution in [1.29, 1.82) is 0 Å². The number of rotatable bonds is 11. The molecule has 0 saturated heterocycles. The Labute approximate surface area is 256 Å². The van der Waals surface area contributed by atoms with Crippen LogP contribution >= 0.6 is 0 Å². The van der Waals surface area contributed by atoms with E-state index in [4.69, 9.17) is 9.47 Å². The molecule has 0 heterocycles. The Bertz CT molecular complexity index is 1730. The molecule has 0 radical (unpaired) electrons. The van der Waals surface area contributed by atoms with E-state index in [0.29, 0.717) is 11.5 Å². The standard InChI is InChI=1S/C38H32N2O4/c41-37(27-43-35-23-11-15-29-13-7-9-21-33(29)35)39(31-17-3-1-4-18-31)25-26-40(32-19-5-2-6-20-32)38(42)28-44-36-24-12-16-30-14-8-10-22-34(30)36/h1-24H,25-28H2. The first-order valence-corrected chi connectivity index (χ1v) is 14.6. The summed E-state index contributed by atoms with van der Waals surface area (Å²) in [7, 11) is 0. The lowest BCUT2D eigenvalue weighted by Gasteiger charge is -2.28. The van der Waals surface area contributed by atoms with Crippen LogP contribution in [0.3, 0.4) is 0 Å². The van der Waals surface area contributed by atoms with Crippen LogP contribution in [-0.4, -0.2) is 38.1 Å². The van der Waals surface area contributed by atoms with Crippen molar-refractivity contribution in [3.63, 3.8) is 0 Å². The van der Waals surface area contributed by atoms with Gasteiger partial charge in [0.1, 0.15) is 11.5 Å². The van der Waals surface area contributed by atoms with Crippen molar-refractivity contribution in [2.45, 2.75) is 0 Å². The lowest BCUT2D eigenvalue weighted by molar-refractivity contribution is -0.122. The number of ether oxygens (including phenoxy) is 2. The molecule has 6 aromatic rings. The fourth-order valence-corrected chi connectivity index (χ4v) is 5.29. The minimum Gasteiger partial charge on any atom is -0.483 e. The summed E-state index contributed by atoms with van der Waals surface area (Å²) in [6.45, 7) is 0.228. The SMILES string of the molecule is O=C(COc1cccc2ccccc12)N(CCN(C(=O)COc1cccc2ccccc12)c1ccccc1)c1ccccc1. The molecule has 6 aromatic carbocycles. The number of hydrogen-bond donors (Lipinski definition) is 0. The highest BCUT2D eigenvalue weighted by Crippen LogP contribution is 2.27. The summed E-state index contributed by atoms with van der Waals surface area (Å²) in [6.07, 6.45) is 0. The molecule has 0 aliphatic rings. The molecule has 6 heteroatoms. The Kier molecular flexibility index (Phi) is 8.79. The van der Waals surface area contributed by atoms with Crippen LogP contribution in [0.2, 0.25) is 0 Å². The highest BCUT2D eigenvalue weighted by Gasteiger charge is 2.22. The van der Waals surface area contributed by atoms with Crippen LogP contribution in [0.5, 0.6) is 11.5 Å². The van der Waals surface area contributed by atoms with E-state index in [-0.39, 0.29) is 38.1 Å². The normalized spacial score (nSPS) is 10.8. The Morgan fingerprint density at radius 1 is 0.432 bits per heavy atom. The molecule has 2 amide bonds. The molecule has 0 N–H and O–H groups in total. The third-order valence-corrected chi connectivity index (χ3v) is 7.49. The molecule has 0 spiro atoms. The summed E-state index contributed by atoms with van der Waals surface area (Å²) >= 11 is 0. The summed E-state index contributed by atoms with van der Waals surface area (Å²) in [4.78, 5) is 30.7. The molecule has 0 aromatic heterocycles. The second kappa shape index (κ2) is 13.6. The topological polar surface area (TPSA) is 59.1 Å². The van der Waals surface area contributed by atoms with Crippen molar-refractivity contribution in [2.24, 2.45) is 0 Å².